The number of fused-ring (bicyclic) bond motifs is 2. The summed E-state index contributed by atoms with van der Waals surface area (Å²) in [6, 6.07) is 0. The Morgan fingerprint density at radius 3 is 1.30 bits per heavy atom. The van der Waals surface area contributed by atoms with Crippen LogP contribution < -0.4 is 0 Å². The molecule has 2 unspecified atom stereocenters. The molecule has 0 radical (unpaired) electrons. The van der Waals surface area contributed by atoms with Gasteiger partial charge in [-0.05, 0) is 0 Å². The van der Waals surface area contributed by atoms with E-state index in [2.05, 4.69) is 0 Å². The Balaban J connectivity index is 3.52. The first-order valence-corrected chi connectivity index (χ1v) is 7.95. The molecule has 2 atom stereocenters. The lowest BCUT2D eigenvalue weighted by molar-refractivity contribution is -0.417. The number of alkyl halides is 15. The molecule has 30 heavy (non-hydrogen) atoms. The molecule has 2 aliphatic rings. The van der Waals surface area contributed by atoms with Gasteiger partial charge in [-0.1, -0.05) is 0 Å². The van der Waals surface area contributed by atoms with Crippen molar-refractivity contribution < 1.29 is 83.6 Å². The molecular formula is C10HF15O4S. The SMILES string of the molecule is O=C1C(F)(F)C2(F)C(F)(F)C(F)(F)C1(C(F)(F)S(=O)(=O)O)C2(C(F)(F)F)C(F)(F)F. The summed E-state index contributed by atoms with van der Waals surface area (Å²) in [4.78, 5) is 11.5. The van der Waals surface area contributed by atoms with Crippen LogP contribution in [0.3, 0.4) is 0 Å². The normalized spacial score (nSPS) is 35.0. The molecule has 0 aromatic carbocycles. The van der Waals surface area contributed by atoms with Crippen molar-refractivity contribution in [1.82, 2.24) is 0 Å². The number of halogens is 15. The first-order valence-electron chi connectivity index (χ1n) is 6.51. The van der Waals surface area contributed by atoms with Crippen LogP contribution in [0.2, 0.25) is 0 Å². The van der Waals surface area contributed by atoms with Crippen molar-refractivity contribution in [2.24, 2.45) is 10.8 Å². The highest BCUT2D eigenvalue weighted by Crippen LogP contribution is 2.90. The summed E-state index contributed by atoms with van der Waals surface area (Å²) >= 11 is 0. The number of hydrogen-bond donors (Lipinski definition) is 1. The van der Waals surface area contributed by atoms with E-state index >= 15 is 0 Å². The van der Waals surface area contributed by atoms with Gasteiger partial charge in [0.2, 0.25) is 16.6 Å². The number of ketones is 1. The maximum atomic E-state index is 14.6. The predicted molar refractivity (Wildman–Crippen MR) is 57.2 cm³/mol. The summed E-state index contributed by atoms with van der Waals surface area (Å²) in [7, 11) is -8.22. The second kappa shape index (κ2) is 5.12. The van der Waals surface area contributed by atoms with Gasteiger partial charge in [0.25, 0.3) is 5.67 Å². The molecule has 0 spiro atoms. The van der Waals surface area contributed by atoms with E-state index < -0.39 is 67.8 Å². The van der Waals surface area contributed by atoms with Crippen LogP contribution in [-0.4, -0.2) is 59.8 Å². The van der Waals surface area contributed by atoms with E-state index in [0.717, 1.165) is 0 Å². The summed E-state index contributed by atoms with van der Waals surface area (Å²) in [5.41, 5.74) is -24.7. The van der Waals surface area contributed by atoms with Gasteiger partial charge in [-0.25, -0.2) is 4.39 Å². The Morgan fingerprint density at radius 1 is 0.700 bits per heavy atom. The smallest absolute Gasteiger partial charge is 0.292 e. The van der Waals surface area contributed by atoms with Gasteiger partial charge in [-0.3, -0.25) is 9.35 Å². The Hall–Kier alpha value is -1.47. The quantitative estimate of drug-likeness (QED) is 0.461. The zero-order chi connectivity index (χ0) is 24.6. The number of carbonyl (C=O) groups is 1. The van der Waals surface area contributed by atoms with Crippen molar-refractivity contribution in [3.63, 3.8) is 0 Å². The Kier molecular flexibility index (Phi) is 4.23. The van der Waals surface area contributed by atoms with Crippen LogP contribution in [0.4, 0.5) is 65.9 Å². The third kappa shape index (κ3) is 1.71. The summed E-state index contributed by atoms with van der Waals surface area (Å²) in [5.74, 6) is -28.9. The highest BCUT2D eigenvalue weighted by molar-refractivity contribution is 7.87. The van der Waals surface area contributed by atoms with Crippen molar-refractivity contribution in [1.29, 1.82) is 0 Å². The lowest BCUT2D eigenvalue weighted by atomic mass is 9.63. The molecule has 0 amide bonds. The molecule has 0 saturated heterocycles. The lowest BCUT2D eigenvalue weighted by Crippen LogP contribution is -2.73. The standard InChI is InChI=1S/C10HF15O4S/c11-3(12)1(26)2(10(24,25)30(27,28)29)4(8(18,19)20,9(21,22)23)5(3,13)7(16,17)6(2,14)15/h(H,27,28,29). The molecule has 2 fully saturated rings. The van der Waals surface area contributed by atoms with Gasteiger partial charge in [0, 0.05) is 0 Å². The maximum absolute atomic E-state index is 14.6. The zero-order valence-electron chi connectivity index (χ0n) is 12.7. The predicted octanol–water partition coefficient (Wildman–Crippen LogP) is 3.77. The molecule has 4 nitrogen and oxygen atoms in total. The zero-order valence-corrected chi connectivity index (χ0v) is 13.6. The highest BCUT2D eigenvalue weighted by atomic mass is 32.2. The minimum atomic E-state index is -8.41. The summed E-state index contributed by atoms with van der Waals surface area (Å²) < 4.78 is 236. The van der Waals surface area contributed by atoms with E-state index in [1.165, 1.54) is 0 Å². The van der Waals surface area contributed by atoms with Crippen molar-refractivity contribution >= 4 is 15.9 Å². The first-order chi connectivity index (χ1) is 12.7. The van der Waals surface area contributed by atoms with Crippen LogP contribution in [0.25, 0.3) is 0 Å². The largest absolute Gasteiger partial charge is 0.408 e. The van der Waals surface area contributed by atoms with Gasteiger partial charge in [0.1, 0.15) is 0 Å². The molecule has 0 heterocycles. The van der Waals surface area contributed by atoms with E-state index in [0.29, 0.717) is 0 Å². The highest BCUT2D eigenvalue weighted by Gasteiger charge is 3.20. The molecule has 2 rings (SSSR count). The molecule has 2 bridgehead atoms. The molecule has 20 heteroatoms. The minimum absolute atomic E-state index is 5.16. The maximum Gasteiger partial charge on any atom is 0.408 e. The molecule has 2 aliphatic carbocycles. The average Bonchev–Trinajstić information content (AvgIpc) is 2.65. The van der Waals surface area contributed by atoms with E-state index in [1.807, 2.05) is 0 Å². The van der Waals surface area contributed by atoms with Gasteiger partial charge in [0.15, 0.2) is 0 Å². The first kappa shape index (κ1) is 24.8. The van der Waals surface area contributed by atoms with Gasteiger partial charge < -0.3 is 0 Å². The molecule has 2 saturated carbocycles. The molecule has 0 aliphatic heterocycles. The van der Waals surface area contributed by atoms with Crippen molar-refractivity contribution in [2.75, 3.05) is 0 Å². The van der Waals surface area contributed by atoms with Crippen LogP contribution in [0.5, 0.6) is 0 Å². The molecule has 176 valence electrons. The number of hydrogen-bond acceptors (Lipinski definition) is 3. The number of Topliss-reactive ketones (excluding diaryl/α,β-unsaturated/α-hetero) is 1. The summed E-state index contributed by atoms with van der Waals surface area (Å²) in [6.45, 7) is 0. The fraction of sp³-hybridized carbons (Fsp3) is 0.900. The Labute approximate surface area is 152 Å². The van der Waals surface area contributed by atoms with Gasteiger partial charge in [-0.15, -0.1) is 0 Å². The van der Waals surface area contributed by atoms with Crippen LogP contribution in [-0.2, 0) is 14.9 Å². The third-order valence-corrected chi connectivity index (χ3v) is 6.00. The number of carbonyl (C=O) groups excluding carboxylic acids is 1. The van der Waals surface area contributed by atoms with Crippen molar-refractivity contribution in [3.8, 4) is 0 Å². The van der Waals surface area contributed by atoms with E-state index in [1.54, 1.807) is 0 Å². The van der Waals surface area contributed by atoms with Crippen LogP contribution in [0.1, 0.15) is 0 Å². The van der Waals surface area contributed by atoms with Crippen LogP contribution in [0, 0.1) is 10.8 Å². The number of rotatable bonds is 2. The second-order valence-corrected chi connectivity index (χ2v) is 7.66. The molecule has 0 aromatic rings. The van der Waals surface area contributed by atoms with E-state index in [-0.39, 0.29) is 0 Å². The summed E-state index contributed by atoms with van der Waals surface area (Å²) in [6.07, 6.45) is -16.7. The fourth-order valence-corrected chi connectivity index (χ4v) is 4.78. The second-order valence-electron chi connectivity index (χ2n) is 6.20. The van der Waals surface area contributed by atoms with Crippen LogP contribution >= 0.6 is 0 Å². The van der Waals surface area contributed by atoms with Gasteiger partial charge in [-0.2, -0.15) is 69.9 Å². The van der Waals surface area contributed by atoms with Crippen molar-refractivity contribution in [3.05, 3.63) is 0 Å². The molecule has 1 N–H and O–H groups in total. The van der Waals surface area contributed by atoms with E-state index in [9.17, 15) is 79.1 Å². The third-order valence-electron chi connectivity index (χ3n) is 5.05. The Morgan fingerprint density at radius 2 is 1.03 bits per heavy atom. The molecule has 0 aromatic heterocycles. The van der Waals surface area contributed by atoms with Gasteiger partial charge in [0.05, 0.1) is 0 Å². The topological polar surface area (TPSA) is 71.4 Å². The Bertz CT molecular complexity index is 901. The summed E-state index contributed by atoms with van der Waals surface area (Å²) in [5, 5.41) is -8.07. The van der Waals surface area contributed by atoms with E-state index in [4.69, 9.17) is 4.55 Å². The minimum Gasteiger partial charge on any atom is -0.292 e. The van der Waals surface area contributed by atoms with Crippen molar-refractivity contribution in [2.45, 2.75) is 41.0 Å². The monoisotopic (exact) mass is 502 g/mol. The lowest BCUT2D eigenvalue weighted by Gasteiger charge is -2.46. The fourth-order valence-electron chi connectivity index (χ4n) is 4.02. The van der Waals surface area contributed by atoms with Gasteiger partial charge >= 0.3 is 45.5 Å². The van der Waals surface area contributed by atoms with Crippen LogP contribution in [0.15, 0.2) is 0 Å². The average molecular weight is 502 g/mol. The molecular weight excluding hydrogens is 501 g/mol.